The van der Waals surface area contributed by atoms with Crippen LogP contribution in [0, 0.1) is 0 Å². The molecule has 0 aromatic carbocycles. The van der Waals surface area contributed by atoms with Crippen LogP contribution >= 0.6 is 0 Å². The van der Waals surface area contributed by atoms with Crippen molar-refractivity contribution in [2.24, 2.45) is 11.5 Å². The van der Waals surface area contributed by atoms with Gasteiger partial charge in [0.25, 0.3) is 0 Å². The Bertz CT molecular complexity index is 730. The van der Waals surface area contributed by atoms with Gasteiger partial charge in [-0.3, -0.25) is 4.79 Å². The number of Topliss-reactive ketones (excluding diaryl/α,β-unsaturated/α-hetero) is 1. The van der Waals surface area contributed by atoms with Gasteiger partial charge in [0.15, 0.2) is 6.29 Å². The Hall–Kier alpha value is -0.730. The summed E-state index contributed by atoms with van der Waals surface area (Å²) in [6.07, 6.45) is 15.2. The topological polar surface area (TPSA) is 209 Å². The van der Waals surface area contributed by atoms with E-state index in [9.17, 15) is 35.4 Å². The molecule has 9 unspecified atom stereocenters. The molecule has 0 radical (unpaired) electrons. The minimum atomic E-state index is -1.52. The summed E-state index contributed by atoms with van der Waals surface area (Å²) in [5.41, 5.74) is 11.7. The molecule has 1 fully saturated rings. The van der Waals surface area contributed by atoms with E-state index in [0.717, 1.165) is 96.3 Å². The van der Waals surface area contributed by atoms with Crippen LogP contribution in [0.4, 0.5) is 0 Å². The Balaban J connectivity index is 1.96. The molecule has 11 nitrogen and oxygen atoms in total. The molecule has 0 amide bonds. The van der Waals surface area contributed by atoms with Crippen LogP contribution in [0.25, 0.3) is 0 Å². The summed E-state index contributed by atoms with van der Waals surface area (Å²) in [5, 5.41) is 58.8. The second-order valence-corrected chi connectivity index (χ2v) is 13.6. The number of unbranched alkanes of at least 4 members (excludes halogenated alkanes) is 16. The summed E-state index contributed by atoms with van der Waals surface area (Å²) in [7, 11) is 0. The number of ether oxygens (including phenoxy) is 2. The molecule has 9 atom stereocenters. The fraction of sp³-hybridized carbons (Fsp3) is 0.971. The highest BCUT2D eigenvalue weighted by atomic mass is 16.7. The van der Waals surface area contributed by atoms with Crippen molar-refractivity contribution < 1.29 is 44.9 Å². The fourth-order valence-electron chi connectivity index (χ4n) is 6.06. The van der Waals surface area contributed by atoms with Crippen molar-refractivity contribution in [3.63, 3.8) is 0 Å². The molecule has 0 spiro atoms. The first-order valence-corrected chi connectivity index (χ1v) is 18.4. The number of aliphatic hydroxyl groups excluding tert-OH is 6. The third kappa shape index (κ3) is 19.3. The molecule has 11 heteroatoms. The maximum atomic E-state index is 12.1. The van der Waals surface area contributed by atoms with E-state index in [1.165, 1.54) is 38.5 Å². The lowest BCUT2D eigenvalue weighted by atomic mass is 9.98. The van der Waals surface area contributed by atoms with Crippen LogP contribution in [-0.2, 0) is 14.3 Å². The van der Waals surface area contributed by atoms with Gasteiger partial charge in [0.1, 0.15) is 30.2 Å². The smallest absolute Gasteiger partial charge is 0.187 e. The number of ketones is 1. The summed E-state index contributed by atoms with van der Waals surface area (Å²) >= 11 is 0. The molecule has 1 heterocycles. The zero-order valence-corrected chi connectivity index (χ0v) is 28.7. The summed E-state index contributed by atoms with van der Waals surface area (Å²) in [6, 6.07) is -0.836. The van der Waals surface area contributed by atoms with Crippen LogP contribution in [0.3, 0.4) is 0 Å². The Labute approximate surface area is 278 Å². The third-order valence-electron chi connectivity index (χ3n) is 9.35. The SMILES string of the molecule is CC(N)C(O)CCCCCCCCC(=O)CCCCCCCCCCCCCCC(OC1OC(CO)C(O)C(O)C1O)C(N)CO. The van der Waals surface area contributed by atoms with Crippen LogP contribution in [0.2, 0.25) is 0 Å². The summed E-state index contributed by atoms with van der Waals surface area (Å²) in [6.45, 7) is 1.01. The molecular weight excluding hydrogens is 592 g/mol. The normalized spacial score (nSPS) is 24.5. The monoisotopic (exact) mass is 663 g/mol. The zero-order valence-electron chi connectivity index (χ0n) is 28.7. The number of nitrogens with two attached hydrogens (primary N) is 2. The maximum Gasteiger partial charge on any atom is 0.187 e. The van der Waals surface area contributed by atoms with Gasteiger partial charge < -0.3 is 51.6 Å². The van der Waals surface area contributed by atoms with Gasteiger partial charge in [0, 0.05) is 18.9 Å². The molecule has 0 aromatic rings. The van der Waals surface area contributed by atoms with Crippen molar-refractivity contribution >= 4 is 5.78 Å². The first kappa shape index (κ1) is 43.3. The Morgan fingerprint density at radius 2 is 1.11 bits per heavy atom. The second kappa shape index (κ2) is 27.1. The first-order valence-electron chi connectivity index (χ1n) is 18.4. The summed E-state index contributed by atoms with van der Waals surface area (Å²) in [4.78, 5) is 12.1. The van der Waals surface area contributed by atoms with Crippen LogP contribution in [-0.4, -0.2) is 105 Å². The number of hydrogen-bond donors (Lipinski definition) is 8. The molecule has 10 N–H and O–H groups in total. The van der Waals surface area contributed by atoms with Gasteiger partial charge in [-0.1, -0.05) is 103 Å². The molecule has 1 aliphatic rings. The molecule has 274 valence electrons. The first-order chi connectivity index (χ1) is 22.1. The van der Waals surface area contributed by atoms with E-state index in [1.54, 1.807) is 0 Å². The van der Waals surface area contributed by atoms with Gasteiger partial charge in [-0.05, 0) is 32.6 Å². The largest absolute Gasteiger partial charge is 0.395 e. The molecule has 0 saturated carbocycles. The number of carbonyl (C=O) groups excluding carboxylic acids is 1. The van der Waals surface area contributed by atoms with Crippen molar-refractivity contribution in [3.05, 3.63) is 0 Å². The third-order valence-corrected chi connectivity index (χ3v) is 9.35. The van der Waals surface area contributed by atoms with Crippen molar-refractivity contribution in [1.82, 2.24) is 0 Å². The van der Waals surface area contributed by atoms with Crippen molar-refractivity contribution in [2.45, 2.75) is 203 Å². The van der Waals surface area contributed by atoms with E-state index in [0.29, 0.717) is 12.2 Å². The van der Waals surface area contributed by atoms with E-state index in [-0.39, 0.29) is 18.8 Å². The fourth-order valence-corrected chi connectivity index (χ4v) is 6.06. The van der Waals surface area contributed by atoms with Gasteiger partial charge in [0.05, 0.1) is 31.5 Å². The van der Waals surface area contributed by atoms with E-state index < -0.39 is 49.5 Å². The molecular formula is C35H70N2O9. The predicted molar refractivity (Wildman–Crippen MR) is 180 cm³/mol. The molecule has 1 aliphatic heterocycles. The lowest BCUT2D eigenvalue weighted by Crippen LogP contribution is -2.60. The summed E-state index contributed by atoms with van der Waals surface area (Å²) in [5.74, 6) is 0.410. The molecule has 0 aromatic heterocycles. The minimum Gasteiger partial charge on any atom is -0.395 e. The minimum absolute atomic E-state index is 0.153. The molecule has 0 aliphatic carbocycles. The average molecular weight is 663 g/mol. The maximum absolute atomic E-state index is 12.1. The standard InChI is InChI=1S/C35H70N2O9/c1-26(36)29(41)22-18-14-11-10-13-17-21-27(40)20-16-12-8-6-4-2-3-5-7-9-15-19-23-30(28(37)24-38)45-35-34(44)33(43)32(42)31(25-39)46-35/h26,28-35,38-39,41-44H,2-25,36-37H2,1H3. The quantitative estimate of drug-likeness (QED) is 0.0523. The van der Waals surface area contributed by atoms with Gasteiger partial charge in [0.2, 0.25) is 0 Å². The van der Waals surface area contributed by atoms with Crippen molar-refractivity contribution in [2.75, 3.05) is 13.2 Å². The molecule has 1 saturated heterocycles. The Morgan fingerprint density at radius 1 is 0.674 bits per heavy atom. The number of hydrogen-bond acceptors (Lipinski definition) is 11. The summed E-state index contributed by atoms with van der Waals surface area (Å²) < 4.78 is 11.2. The lowest BCUT2D eigenvalue weighted by molar-refractivity contribution is -0.313. The molecule has 0 bridgehead atoms. The van der Waals surface area contributed by atoms with E-state index in [1.807, 2.05) is 6.92 Å². The van der Waals surface area contributed by atoms with Gasteiger partial charge in [-0.25, -0.2) is 0 Å². The van der Waals surface area contributed by atoms with Gasteiger partial charge in [-0.2, -0.15) is 0 Å². The zero-order chi connectivity index (χ0) is 34.2. The Morgan fingerprint density at radius 3 is 1.54 bits per heavy atom. The van der Waals surface area contributed by atoms with Gasteiger partial charge >= 0.3 is 0 Å². The van der Waals surface area contributed by atoms with Crippen LogP contribution in [0.5, 0.6) is 0 Å². The van der Waals surface area contributed by atoms with Gasteiger partial charge in [-0.15, -0.1) is 0 Å². The predicted octanol–water partition coefficient (Wildman–Crippen LogP) is 3.35. The lowest BCUT2D eigenvalue weighted by Gasteiger charge is -2.41. The highest BCUT2D eigenvalue weighted by Crippen LogP contribution is 2.25. The van der Waals surface area contributed by atoms with Crippen LogP contribution in [0.1, 0.15) is 148 Å². The second-order valence-electron chi connectivity index (χ2n) is 13.6. The average Bonchev–Trinajstić information content (AvgIpc) is 3.04. The molecule has 1 rings (SSSR count). The number of carbonyl (C=O) groups is 1. The van der Waals surface area contributed by atoms with Crippen molar-refractivity contribution in [3.8, 4) is 0 Å². The van der Waals surface area contributed by atoms with Crippen LogP contribution < -0.4 is 11.5 Å². The van der Waals surface area contributed by atoms with E-state index in [2.05, 4.69) is 0 Å². The number of rotatable bonds is 30. The Kier molecular flexibility index (Phi) is 25.5. The highest BCUT2D eigenvalue weighted by Gasteiger charge is 2.45. The number of aliphatic hydroxyl groups is 6. The van der Waals surface area contributed by atoms with E-state index >= 15 is 0 Å². The van der Waals surface area contributed by atoms with Crippen LogP contribution in [0.15, 0.2) is 0 Å². The van der Waals surface area contributed by atoms with E-state index in [4.69, 9.17) is 20.9 Å². The molecule has 46 heavy (non-hydrogen) atoms. The highest BCUT2D eigenvalue weighted by molar-refractivity contribution is 5.78. The van der Waals surface area contributed by atoms with Crippen molar-refractivity contribution in [1.29, 1.82) is 0 Å².